The van der Waals surface area contributed by atoms with Crippen molar-refractivity contribution in [2.24, 2.45) is 11.7 Å². The number of carbonyl (C=O) groups excluding carboxylic acids is 2. The number of thiophene rings is 1. The van der Waals surface area contributed by atoms with E-state index in [1.165, 1.54) is 17.0 Å². The fraction of sp³-hybridized carbons (Fsp3) is 0.478. The van der Waals surface area contributed by atoms with Crippen LogP contribution in [0.15, 0.2) is 41.8 Å². The summed E-state index contributed by atoms with van der Waals surface area (Å²) in [5.74, 6) is -0.0471. The maximum absolute atomic E-state index is 13.0. The first-order valence-electron chi connectivity index (χ1n) is 11.2. The number of nitrogens with two attached hydrogens (primary N) is 1. The van der Waals surface area contributed by atoms with Gasteiger partial charge in [-0.3, -0.25) is 24.6 Å². The van der Waals surface area contributed by atoms with Crippen LogP contribution in [0.1, 0.15) is 29.7 Å². The van der Waals surface area contributed by atoms with Crippen molar-refractivity contribution in [2.45, 2.75) is 44.4 Å². The van der Waals surface area contributed by atoms with Gasteiger partial charge >= 0.3 is 0 Å². The second-order valence-corrected chi connectivity index (χ2v) is 9.69. The first kappa shape index (κ1) is 23.3. The number of rotatable bonds is 10. The molecule has 2 atom stereocenters. The molecule has 1 aromatic heterocycles. The summed E-state index contributed by atoms with van der Waals surface area (Å²) in [6.07, 6.45) is 2.32. The van der Waals surface area contributed by atoms with Crippen molar-refractivity contribution in [3.63, 3.8) is 0 Å². The van der Waals surface area contributed by atoms with Gasteiger partial charge in [0.05, 0.1) is 4.92 Å². The van der Waals surface area contributed by atoms with Crippen molar-refractivity contribution < 1.29 is 14.5 Å². The number of hydrogen-bond donors (Lipinski definition) is 2. The number of nitrogens with one attached hydrogen (secondary N) is 1. The standard InChI is InChI=1S/C23H29N5O4S/c24-9-10-25-22(29)21-12-19(14-27(21)23(30)17-5-6-17)26(15-20-2-1-11-33-20)13-16-3-7-18(8-4-16)28(31)32/h1-4,7-8,11,17,19,21H,5-6,9-10,12-15,24H2,(H,25,29). The molecule has 3 N–H and O–H groups in total. The van der Waals surface area contributed by atoms with Gasteiger partial charge in [0.25, 0.3) is 5.69 Å². The summed E-state index contributed by atoms with van der Waals surface area (Å²) in [6, 6.07) is 10.1. The Morgan fingerprint density at radius 2 is 1.97 bits per heavy atom. The zero-order chi connectivity index (χ0) is 23.4. The van der Waals surface area contributed by atoms with Gasteiger partial charge in [-0.1, -0.05) is 18.2 Å². The number of benzene rings is 1. The minimum absolute atomic E-state index is 0.00128. The van der Waals surface area contributed by atoms with Gasteiger partial charge in [0.15, 0.2) is 0 Å². The fourth-order valence-corrected chi connectivity index (χ4v) is 5.05. The van der Waals surface area contributed by atoms with Gasteiger partial charge in [0, 0.05) is 61.7 Å². The van der Waals surface area contributed by atoms with Crippen molar-refractivity contribution >= 4 is 28.8 Å². The molecule has 2 unspecified atom stereocenters. The molecule has 2 aromatic rings. The fourth-order valence-electron chi connectivity index (χ4n) is 4.32. The molecule has 1 aliphatic heterocycles. The molecular weight excluding hydrogens is 442 g/mol. The second-order valence-electron chi connectivity index (χ2n) is 8.66. The van der Waals surface area contributed by atoms with Gasteiger partial charge in [-0.25, -0.2) is 0 Å². The topological polar surface area (TPSA) is 122 Å². The molecule has 9 nitrogen and oxygen atoms in total. The Morgan fingerprint density at radius 1 is 1.21 bits per heavy atom. The lowest BCUT2D eigenvalue weighted by Gasteiger charge is -2.28. The van der Waals surface area contributed by atoms with Gasteiger partial charge in [-0.15, -0.1) is 11.3 Å². The quantitative estimate of drug-likeness (QED) is 0.404. The van der Waals surface area contributed by atoms with Gasteiger partial charge in [0.1, 0.15) is 6.04 Å². The summed E-state index contributed by atoms with van der Waals surface area (Å²) >= 11 is 1.66. The molecule has 0 radical (unpaired) electrons. The van der Waals surface area contributed by atoms with E-state index in [1.807, 2.05) is 11.4 Å². The summed E-state index contributed by atoms with van der Waals surface area (Å²) in [4.78, 5) is 41.7. The zero-order valence-corrected chi connectivity index (χ0v) is 19.2. The van der Waals surface area contributed by atoms with Crippen LogP contribution in [0.2, 0.25) is 0 Å². The number of amides is 2. The number of nitro groups is 1. The Balaban J connectivity index is 1.54. The molecule has 2 heterocycles. The Hall–Kier alpha value is -2.82. The number of hydrogen-bond acceptors (Lipinski definition) is 7. The predicted molar refractivity (Wildman–Crippen MR) is 125 cm³/mol. The smallest absolute Gasteiger partial charge is 0.269 e. The van der Waals surface area contributed by atoms with Crippen molar-refractivity contribution in [2.75, 3.05) is 19.6 Å². The Bertz CT molecular complexity index is 977. The molecule has 1 saturated heterocycles. The Labute approximate surface area is 196 Å². The number of nitro benzene ring substituents is 1. The lowest BCUT2D eigenvalue weighted by Crippen LogP contribution is -2.47. The van der Waals surface area contributed by atoms with Crippen LogP contribution in [0, 0.1) is 16.0 Å². The highest BCUT2D eigenvalue weighted by molar-refractivity contribution is 7.09. The van der Waals surface area contributed by atoms with Crippen LogP contribution in [0.4, 0.5) is 5.69 Å². The summed E-state index contributed by atoms with van der Waals surface area (Å²) in [5.41, 5.74) is 6.56. The van der Waals surface area contributed by atoms with E-state index in [9.17, 15) is 19.7 Å². The van der Waals surface area contributed by atoms with Crippen molar-refractivity contribution in [3.8, 4) is 0 Å². The van der Waals surface area contributed by atoms with E-state index in [4.69, 9.17) is 5.73 Å². The summed E-state index contributed by atoms with van der Waals surface area (Å²) < 4.78 is 0. The van der Waals surface area contributed by atoms with Gasteiger partial charge in [-0.05, 0) is 36.3 Å². The molecule has 2 fully saturated rings. The minimum Gasteiger partial charge on any atom is -0.353 e. The second kappa shape index (κ2) is 10.4. The van der Waals surface area contributed by atoms with Crippen LogP contribution in [-0.4, -0.2) is 58.3 Å². The lowest BCUT2D eigenvalue weighted by molar-refractivity contribution is -0.384. The van der Waals surface area contributed by atoms with Gasteiger partial charge in [-0.2, -0.15) is 0 Å². The highest BCUT2D eigenvalue weighted by atomic mass is 32.1. The van der Waals surface area contributed by atoms with Crippen molar-refractivity contribution in [1.29, 1.82) is 0 Å². The van der Waals surface area contributed by atoms with E-state index in [0.717, 1.165) is 18.4 Å². The lowest BCUT2D eigenvalue weighted by atomic mass is 10.1. The van der Waals surface area contributed by atoms with Crippen LogP contribution in [0.5, 0.6) is 0 Å². The average Bonchev–Trinajstić information content (AvgIpc) is 3.35. The SMILES string of the molecule is NCCNC(=O)C1CC(N(Cc2ccc([N+](=O)[O-])cc2)Cc2cccs2)CN1C(=O)C1CC1. The maximum Gasteiger partial charge on any atom is 0.269 e. The largest absolute Gasteiger partial charge is 0.353 e. The van der Waals surface area contributed by atoms with Crippen LogP contribution in [0.25, 0.3) is 0 Å². The van der Waals surface area contributed by atoms with Crippen LogP contribution in [-0.2, 0) is 22.7 Å². The van der Waals surface area contributed by atoms with E-state index in [1.54, 1.807) is 28.4 Å². The summed E-state index contributed by atoms with van der Waals surface area (Å²) in [5, 5.41) is 15.9. The van der Waals surface area contributed by atoms with Crippen LogP contribution in [0.3, 0.4) is 0 Å². The summed E-state index contributed by atoms with van der Waals surface area (Å²) in [7, 11) is 0. The van der Waals surface area contributed by atoms with E-state index >= 15 is 0 Å². The highest BCUT2D eigenvalue weighted by Gasteiger charge is 2.45. The molecule has 1 aromatic carbocycles. The molecule has 10 heteroatoms. The van der Waals surface area contributed by atoms with E-state index < -0.39 is 11.0 Å². The summed E-state index contributed by atoms with van der Waals surface area (Å²) in [6.45, 7) is 2.48. The van der Waals surface area contributed by atoms with Crippen LogP contribution < -0.4 is 11.1 Å². The van der Waals surface area contributed by atoms with E-state index in [-0.39, 0.29) is 29.5 Å². The van der Waals surface area contributed by atoms with Gasteiger partial charge < -0.3 is 16.0 Å². The van der Waals surface area contributed by atoms with Crippen LogP contribution >= 0.6 is 11.3 Å². The van der Waals surface area contributed by atoms with Gasteiger partial charge in [0.2, 0.25) is 11.8 Å². The molecule has 2 aliphatic rings. The molecule has 176 valence electrons. The third kappa shape index (κ3) is 5.76. The van der Waals surface area contributed by atoms with Crippen molar-refractivity contribution in [1.82, 2.24) is 15.1 Å². The average molecular weight is 472 g/mol. The minimum atomic E-state index is -0.502. The third-order valence-electron chi connectivity index (χ3n) is 6.22. The number of non-ortho nitro benzene ring substituents is 1. The molecule has 4 rings (SSSR count). The predicted octanol–water partition coefficient (Wildman–Crippen LogP) is 2.11. The normalized spacial score (nSPS) is 20.2. The Morgan fingerprint density at radius 3 is 2.58 bits per heavy atom. The number of carbonyl (C=O) groups is 2. The zero-order valence-electron chi connectivity index (χ0n) is 18.4. The molecular formula is C23H29N5O4S. The van der Waals surface area contributed by atoms with E-state index in [0.29, 0.717) is 39.1 Å². The number of nitrogens with zero attached hydrogens (tertiary/aromatic N) is 3. The molecule has 1 saturated carbocycles. The third-order valence-corrected chi connectivity index (χ3v) is 7.08. The molecule has 33 heavy (non-hydrogen) atoms. The Kier molecular flexibility index (Phi) is 7.36. The van der Waals surface area contributed by atoms with Crippen molar-refractivity contribution in [3.05, 3.63) is 62.3 Å². The number of likely N-dealkylation sites (tertiary alicyclic amines) is 1. The highest BCUT2D eigenvalue weighted by Crippen LogP contribution is 2.35. The first-order chi connectivity index (χ1) is 16.0. The molecule has 2 amide bonds. The molecule has 0 spiro atoms. The first-order valence-corrected chi connectivity index (χ1v) is 12.1. The maximum atomic E-state index is 13.0. The van der Waals surface area contributed by atoms with E-state index in [2.05, 4.69) is 16.3 Å². The molecule has 0 bridgehead atoms. The monoisotopic (exact) mass is 471 g/mol. The molecule has 1 aliphatic carbocycles.